The van der Waals surface area contributed by atoms with Gasteiger partial charge in [-0.15, -0.1) is 0 Å². The van der Waals surface area contributed by atoms with E-state index in [0.717, 1.165) is 10.1 Å². The van der Waals surface area contributed by atoms with E-state index < -0.39 is 17.2 Å². The molecule has 0 unspecified atom stereocenters. The van der Waals surface area contributed by atoms with Crippen molar-refractivity contribution in [2.75, 3.05) is 0 Å². The Labute approximate surface area is 158 Å². The summed E-state index contributed by atoms with van der Waals surface area (Å²) in [5, 5.41) is 9.48. The fraction of sp³-hybridized carbons (Fsp3) is 0.0476. The summed E-state index contributed by atoms with van der Waals surface area (Å²) in [6.07, 6.45) is 1.47. The van der Waals surface area contributed by atoms with Crippen LogP contribution in [0.25, 0.3) is 22.2 Å². The second-order valence-corrected chi connectivity index (χ2v) is 6.28. The molecule has 0 radical (unpaired) electrons. The van der Waals surface area contributed by atoms with E-state index >= 15 is 0 Å². The number of carbonyl (C=O) groups is 1. The van der Waals surface area contributed by atoms with E-state index in [1.807, 2.05) is 30.3 Å². The van der Waals surface area contributed by atoms with E-state index in [1.165, 1.54) is 18.3 Å². The zero-order valence-corrected chi connectivity index (χ0v) is 14.6. The summed E-state index contributed by atoms with van der Waals surface area (Å²) in [6, 6.07) is 17.1. The molecule has 0 atom stereocenters. The third-order valence-corrected chi connectivity index (χ3v) is 4.48. The number of aromatic amines is 1. The van der Waals surface area contributed by atoms with Gasteiger partial charge in [0.05, 0.1) is 17.5 Å². The Morgan fingerprint density at radius 2 is 1.82 bits per heavy atom. The first kappa shape index (κ1) is 17.4. The first-order valence-corrected chi connectivity index (χ1v) is 8.54. The number of nitrogens with zero attached hydrogens (tertiary/aromatic N) is 2. The van der Waals surface area contributed by atoms with Crippen LogP contribution in [-0.2, 0) is 6.54 Å². The molecule has 0 fully saturated rings. The standard InChI is InChI=1S/C21H15N3O4/c25-19-17-16(14-7-4-8-15(11-14)20(26)27)9-10-22-18(17)23-21(28)24(19)12-13-5-2-1-3-6-13/h1-11H,12H2,(H,26,27)(H,22,23,28). The third kappa shape index (κ3) is 3.09. The number of rotatable bonds is 4. The van der Waals surface area contributed by atoms with Gasteiger partial charge in [-0.3, -0.25) is 14.3 Å². The summed E-state index contributed by atoms with van der Waals surface area (Å²) >= 11 is 0. The van der Waals surface area contributed by atoms with Gasteiger partial charge in [-0.1, -0.05) is 42.5 Å². The lowest BCUT2D eigenvalue weighted by Crippen LogP contribution is -2.35. The molecular weight excluding hydrogens is 358 g/mol. The van der Waals surface area contributed by atoms with Crippen LogP contribution in [0.5, 0.6) is 0 Å². The van der Waals surface area contributed by atoms with Gasteiger partial charge in [-0.25, -0.2) is 14.6 Å². The monoisotopic (exact) mass is 373 g/mol. The lowest BCUT2D eigenvalue weighted by atomic mass is 10.0. The molecule has 0 aliphatic carbocycles. The highest BCUT2D eigenvalue weighted by atomic mass is 16.4. The molecule has 0 aliphatic rings. The summed E-state index contributed by atoms with van der Waals surface area (Å²) in [5.74, 6) is -1.06. The lowest BCUT2D eigenvalue weighted by molar-refractivity contribution is 0.0697. The first-order chi connectivity index (χ1) is 13.5. The minimum absolute atomic E-state index is 0.108. The molecule has 7 heteroatoms. The van der Waals surface area contributed by atoms with Crippen LogP contribution >= 0.6 is 0 Å². The Kier molecular flexibility index (Phi) is 4.33. The first-order valence-electron chi connectivity index (χ1n) is 8.54. The second-order valence-electron chi connectivity index (χ2n) is 6.28. The highest BCUT2D eigenvalue weighted by Gasteiger charge is 2.15. The van der Waals surface area contributed by atoms with Gasteiger partial charge in [-0.05, 0) is 34.9 Å². The number of hydrogen-bond donors (Lipinski definition) is 2. The molecule has 0 aliphatic heterocycles. The van der Waals surface area contributed by atoms with E-state index in [0.29, 0.717) is 11.1 Å². The van der Waals surface area contributed by atoms with Gasteiger partial charge >= 0.3 is 11.7 Å². The molecule has 0 saturated carbocycles. The molecule has 2 aromatic carbocycles. The predicted molar refractivity (Wildman–Crippen MR) is 105 cm³/mol. The number of pyridine rings is 1. The van der Waals surface area contributed by atoms with E-state index in [9.17, 15) is 19.5 Å². The topological polar surface area (TPSA) is 105 Å². The molecule has 0 saturated heterocycles. The SMILES string of the molecule is O=C(O)c1cccc(-c2ccnc3[nH]c(=O)n(Cc4ccccc4)c(=O)c23)c1. The number of benzene rings is 2. The number of nitrogens with one attached hydrogen (secondary N) is 1. The number of carboxylic acids is 1. The van der Waals surface area contributed by atoms with Crippen LogP contribution in [-0.4, -0.2) is 25.6 Å². The van der Waals surface area contributed by atoms with Gasteiger partial charge in [-0.2, -0.15) is 0 Å². The molecule has 2 N–H and O–H groups in total. The zero-order chi connectivity index (χ0) is 19.7. The molecule has 138 valence electrons. The average molecular weight is 373 g/mol. The Morgan fingerprint density at radius 3 is 2.57 bits per heavy atom. The van der Waals surface area contributed by atoms with Crippen molar-refractivity contribution < 1.29 is 9.90 Å². The Balaban J connectivity index is 1.96. The van der Waals surface area contributed by atoms with Crippen molar-refractivity contribution in [1.82, 2.24) is 14.5 Å². The van der Waals surface area contributed by atoms with Gasteiger partial charge in [0, 0.05) is 6.20 Å². The van der Waals surface area contributed by atoms with Crippen LogP contribution in [0.15, 0.2) is 76.4 Å². The van der Waals surface area contributed by atoms with Crippen molar-refractivity contribution in [3.63, 3.8) is 0 Å². The van der Waals surface area contributed by atoms with Crippen molar-refractivity contribution in [3.05, 3.63) is 98.8 Å². The van der Waals surface area contributed by atoms with Crippen LogP contribution < -0.4 is 11.2 Å². The number of hydrogen-bond acceptors (Lipinski definition) is 4. The Bertz CT molecular complexity index is 1310. The van der Waals surface area contributed by atoms with Crippen LogP contribution in [0.3, 0.4) is 0 Å². The molecular formula is C21H15N3O4. The quantitative estimate of drug-likeness (QED) is 0.572. The van der Waals surface area contributed by atoms with Crippen LogP contribution in [0, 0.1) is 0 Å². The molecule has 0 spiro atoms. The van der Waals surface area contributed by atoms with Crippen molar-refractivity contribution in [2.45, 2.75) is 6.54 Å². The van der Waals surface area contributed by atoms with E-state index in [2.05, 4.69) is 9.97 Å². The van der Waals surface area contributed by atoms with Crippen molar-refractivity contribution in [3.8, 4) is 11.1 Å². The van der Waals surface area contributed by atoms with Crippen LogP contribution in [0.4, 0.5) is 0 Å². The zero-order valence-electron chi connectivity index (χ0n) is 14.6. The van der Waals surface area contributed by atoms with Crippen molar-refractivity contribution >= 4 is 17.0 Å². The lowest BCUT2D eigenvalue weighted by Gasteiger charge is -2.10. The summed E-state index contributed by atoms with van der Waals surface area (Å²) in [5.41, 5.74) is 1.12. The number of carboxylic acid groups (broad SMARTS) is 1. The van der Waals surface area contributed by atoms with Crippen molar-refractivity contribution in [1.29, 1.82) is 0 Å². The molecule has 7 nitrogen and oxygen atoms in total. The largest absolute Gasteiger partial charge is 0.478 e. The van der Waals surface area contributed by atoms with E-state index in [1.54, 1.807) is 18.2 Å². The second kappa shape index (κ2) is 6.96. The summed E-state index contributed by atoms with van der Waals surface area (Å²) in [7, 11) is 0. The van der Waals surface area contributed by atoms with Crippen LogP contribution in [0.2, 0.25) is 0 Å². The molecule has 0 amide bonds. The Morgan fingerprint density at radius 1 is 1.04 bits per heavy atom. The average Bonchev–Trinajstić information content (AvgIpc) is 2.71. The molecule has 2 aromatic heterocycles. The normalized spacial score (nSPS) is 10.9. The minimum Gasteiger partial charge on any atom is -0.478 e. The van der Waals surface area contributed by atoms with E-state index in [4.69, 9.17) is 0 Å². The molecule has 28 heavy (non-hydrogen) atoms. The van der Waals surface area contributed by atoms with Crippen LogP contribution in [0.1, 0.15) is 15.9 Å². The highest BCUT2D eigenvalue weighted by molar-refractivity contribution is 5.94. The van der Waals surface area contributed by atoms with Gasteiger partial charge in [0.25, 0.3) is 5.56 Å². The molecule has 0 bridgehead atoms. The number of aromatic nitrogens is 3. The van der Waals surface area contributed by atoms with Crippen molar-refractivity contribution in [2.24, 2.45) is 0 Å². The Hall–Kier alpha value is -4.00. The van der Waals surface area contributed by atoms with Gasteiger partial charge in [0.15, 0.2) is 0 Å². The number of aromatic carboxylic acids is 1. The summed E-state index contributed by atoms with van der Waals surface area (Å²) in [6.45, 7) is 0.119. The van der Waals surface area contributed by atoms with Gasteiger partial charge in [0.1, 0.15) is 5.65 Å². The molecule has 4 rings (SSSR count). The summed E-state index contributed by atoms with van der Waals surface area (Å²) < 4.78 is 1.11. The van der Waals surface area contributed by atoms with E-state index in [-0.39, 0.29) is 23.1 Å². The molecule has 2 heterocycles. The maximum Gasteiger partial charge on any atom is 0.335 e. The van der Waals surface area contributed by atoms with Gasteiger partial charge in [0.2, 0.25) is 0 Å². The maximum atomic E-state index is 13.2. The van der Waals surface area contributed by atoms with Gasteiger partial charge < -0.3 is 5.11 Å². The molecule has 4 aromatic rings. The number of fused-ring (bicyclic) bond motifs is 1. The summed E-state index contributed by atoms with van der Waals surface area (Å²) in [4.78, 5) is 43.6. The highest BCUT2D eigenvalue weighted by Crippen LogP contribution is 2.25. The number of H-pyrrole nitrogens is 1. The smallest absolute Gasteiger partial charge is 0.335 e. The fourth-order valence-electron chi connectivity index (χ4n) is 3.14. The third-order valence-electron chi connectivity index (χ3n) is 4.48. The fourth-order valence-corrected chi connectivity index (χ4v) is 3.14. The maximum absolute atomic E-state index is 13.2. The predicted octanol–water partition coefficient (Wildman–Crippen LogP) is 2.50. The minimum atomic E-state index is -1.06.